The third-order valence-corrected chi connectivity index (χ3v) is 6.86. The number of aryl methyl sites for hydroxylation is 1. The van der Waals surface area contributed by atoms with Crippen LogP contribution in [0, 0.1) is 18.8 Å². The molecule has 2 aliphatic carbocycles. The number of benzene rings is 3. The molecule has 3 N–H and O–H groups in total. The van der Waals surface area contributed by atoms with E-state index in [1.807, 2.05) is 57.2 Å². The molecular formula is C33H34O4. The molecule has 4 heteroatoms. The fourth-order valence-corrected chi connectivity index (χ4v) is 5.03. The molecule has 0 bridgehead atoms. The van der Waals surface area contributed by atoms with Crippen LogP contribution in [0.25, 0.3) is 11.1 Å². The molecule has 5 rings (SSSR count). The molecule has 0 saturated carbocycles. The summed E-state index contributed by atoms with van der Waals surface area (Å²) in [4.78, 5) is 0. The first-order chi connectivity index (χ1) is 17.9. The van der Waals surface area contributed by atoms with Crippen LogP contribution in [0.5, 0.6) is 23.0 Å². The number of phenolic OH excluding ortho intramolecular Hbond substituents is 3. The highest BCUT2D eigenvalue weighted by Crippen LogP contribution is 2.46. The number of ether oxygens (including phenoxy) is 1. The second kappa shape index (κ2) is 11.3. The highest BCUT2D eigenvalue weighted by Gasteiger charge is 2.31. The van der Waals surface area contributed by atoms with E-state index in [0.29, 0.717) is 5.75 Å². The Hall–Kier alpha value is -4.18. The van der Waals surface area contributed by atoms with Gasteiger partial charge in [-0.1, -0.05) is 80.6 Å². The molecule has 37 heavy (non-hydrogen) atoms. The molecule has 3 aromatic carbocycles. The zero-order valence-electron chi connectivity index (χ0n) is 21.7. The molecule has 3 aromatic rings. The summed E-state index contributed by atoms with van der Waals surface area (Å²) in [5.41, 5.74) is 6.22. The molecule has 0 fully saturated rings. The fourth-order valence-electron chi connectivity index (χ4n) is 5.03. The lowest BCUT2D eigenvalue weighted by atomic mass is 9.77. The van der Waals surface area contributed by atoms with E-state index in [2.05, 4.69) is 36.5 Å². The molecule has 0 saturated heterocycles. The minimum absolute atomic E-state index is 0.0833. The Bertz CT molecular complexity index is 1280. The van der Waals surface area contributed by atoms with Crippen molar-refractivity contribution >= 4 is 11.1 Å². The van der Waals surface area contributed by atoms with Crippen LogP contribution < -0.4 is 4.74 Å². The van der Waals surface area contributed by atoms with E-state index in [4.69, 9.17) is 4.74 Å². The van der Waals surface area contributed by atoms with E-state index < -0.39 is 0 Å². The van der Waals surface area contributed by atoms with Crippen molar-refractivity contribution < 1.29 is 20.1 Å². The number of aromatic hydroxyl groups is 3. The summed E-state index contributed by atoms with van der Waals surface area (Å²) in [6.07, 6.45) is 13.3. The maximum absolute atomic E-state index is 10.4. The van der Waals surface area contributed by atoms with E-state index in [1.54, 1.807) is 31.4 Å². The summed E-state index contributed by atoms with van der Waals surface area (Å²) >= 11 is 0. The fraction of sp³-hybridized carbons (Fsp3) is 0.212. The third-order valence-electron chi connectivity index (χ3n) is 6.86. The molecule has 0 radical (unpaired) electrons. The first-order valence-corrected chi connectivity index (χ1v) is 12.7. The van der Waals surface area contributed by atoms with Gasteiger partial charge in [-0.05, 0) is 70.7 Å². The lowest BCUT2D eigenvalue weighted by Gasteiger charge is -2.27. The van der Waals surface area contributed by atoms with Gasteiger partial charge in [0.15, 0.2) is 11.5 Å². The van der Waals surface area contributed by atoms with Crippen LogP contribution in [0.1, 0.15) is 42.0 Å². The SMILES string of the molecule is CC.COc1cc(C(C2C=CC(c3ccc(O)cc3)=C2)C2C=CC(c3ccc(O)cc3)=C2)cc(C)c1O. The van der Waals surface area contributed by atoms with Gasteiger partial charge < -0.3 is 20.1 Å². The highest BCUT2D eigenvalue weighted by molar-refractivity contribution is 5.79. The van der Waals surface area contributed by atoms with Crippen molar-refractivity contribution in [2.45, 2.75) is 26.7 Å². The summed E-state index contributed by atoms with van der Waals surface area (Å²) in [5.74, 6) is 1.47. The van der Waals surface area contributed by atoms with Gasteiger partial charge in [0, 0.05) is 17.8 Å². The Labute approximate surface area is 219 Å². The van der Waals surface area contributed by atoms with Crippen molar-refractivity contribution in [3.05, 3.63) is 119 Å². The smallest absolute Gasteiger partial charge is 0.161 e. The number of hydrogen-bond donors (Lipinski definition) is 3. The number of methoxy groups -OCH3 is 1. The topological polar surface area (TPSA) is 69.9 Å². The van der Waals surface area contributed by atoms with Crippen LogP contribution in [0.15, 0.2) is 97.1 Å². The Morgan fingerprint density at radius 2 is 1.16 bits per heavy atom. The molecule has 0 aromatic heterocycles. The van der Waals surface area contributed by atoms with Crippen molar-refractivity contribution in [3.63, 3.8) is 0 Å². The van der Waals surface area contributed by atoms with Gasteiger partial charge in [-0.25, -0.2) is 0 Å². The number of rotatable bonds is 6. The zero-order chi connectivity index (χ0) is 26.5. The van der Waals surface area contributed by atoms with E-state index in [-0.39, 0.29) is 35.0 Å². The molecule has 0 spiro atoms. The minimum atomic E-state index is 0.0833. The van der Waals surface area contributed by atoms with E-state index in [1.165, 1.54) is 0 Å². The van der Waals surface area contributed by atoms with Gasteiger partial charge in [0.1, 0.15) is 11.5 Å². The summed E-state index contributed by atoms with van der Waals surface area (Å²) in [7, 11) is 1.57. The second-order valence-electron chi connectivity index (χ2n) is 9.13. The average molecular weight is 495 g/mol. The Kier molecular flexibility index (Phi) is 7.88. The molecule has 0 aliphatic heterocycles. The van der Waals surface area contributed by atoms with Crippen LogP contribution in [-0.4, -0.2) is 22.4 Å². The van der Waals surface area contributed by atoms with Gasteiger partial charge in [0.05, 0.1) is 7.11 Å². The first kappa shape index (κ1) is 25.9. The Morgan fingerprint density at radius 3 is 1.59 bits per heavy atom. The quantitative estimate of drug-likeness (QED) is 0.327. The molecule has 4 nitrogen and oxygen atoms in total. The summed E-state index contributed by atoms with van der Waals surface area (Å²) in [6, 6.07) is 18.5. The molecule has 2 unspecified atom stereocenters. The summed E-state index contributed by atoms with van der Waals surface area (Å²) < 4.78 is 5.48. The molecule has 190 valence electrons. The molecule has 0 heterocycles. The number of hydrogen-bond acceptors (Lipinski definition) is 4. The van der Waals surface area contributed by atoms with Crippen molar-refractivity contribution in [1.29, 1.82) is 0 Å². The predicted molar refractivity (Wildman–Crippen MR) is 151 cm³/mol. The first-order valence-electron chi connectivity index (χ1n) is 12.7. The monoisotopic (exact) mass is 494 g/mol. The normalized spacial score (nSPS) is 18.6. The molecular weight excluding hydrogens is 460 g/mol. The maximum atomic E-state index is 10.4. The number of phenols is 3. The zero-order valence-corrected chi connectivity index (χ0v) is 21.7. The van der Waals surface area contributed by atoms with Crippen LogP contribution in [0.3, 0.4) is 0 Å². The maximum Gasteiger partial charge on any atom is 0.161 e. The third kappa shape index (κ3) is 5.49. The Balaban J connectivity index is 0.00000156. The Morgan fingerprint density at radius 1 is 0.703 bits per heavy atom. The van der Waals surface area contributed by atoms with Crippen LogP contribution in [-0.2, 0) is 0 Å². The van der Waals surface area contributed by atoms with Crippen LogP contribution >= 0.6 is 0 Å². The molecule has 0 amide bonds. The van der Waals surface area contributed by atoms with Gasteiger partial charge in [-0.2, -0.15) is 0 Å². The number of allylic oxidation sites excluding steroid dienone is 8. The molecule has 2 aliphatic rings. The van der Waals surface area contributed by atoms with Gasteiger partial charge in [0.2, 0.25) is 0 Å². The van der Waals surface area contributed by atoms with Gasteiger partial charge >= 0.3 is 0 Å². The van der Waals surface area contributed by atoms with Crippen LogP contribution in [0.4, 0.5) is 0 Å². The van der Waals surface area contributed by atoms with Gasteiger partial charge in [0.25, 0.3) is 0 Å². The minimum Gasteiger partial charge on any atom is -0.508 e. The standard InChI is InChI=1S/C31H28O4.C2H6/c1-19-15-26(18-29(35-2)31(19)34)30(24-5-3-22(16-24)20-7-11-27(32)12-8-20)25-6-4-23(17-25)21-9-13-28(33)14-10-21;1-2/h3-18,24-25,30,32-34H,1-2H3;1-2H3. The lowest BCUT2D eigenvalue weighted by Crippen LogP contribution is -2.16. The average Bonchev–Trinajstić information content (AvgIpc) is 3.59. The van der Waals surface area contributed by atoms with E-state index in [0.717, 1.165) is 33.4 Å². The van der Waals surface area contributed by atoms with Crippen molar-refractivity contribution in [2.24, 2.45) is 11.8 Å². The van der Waals surface area contributed by atoms with Crippen molar-refractivity contribution in [1.82, 2.24) is 0 Å². The predicted octanol–water partition coefficient (Wildman–Crippen LogP) is 7.77. The molecule has 2 atom stereocenters. The summed E-state index contributed by atoms with van der Waals surface area (Å²) in [6.45, 7) is 5.89. The lowest BCUT2D eigenvalue weighted by molar-refractivity contribution is 0.370. The summed E-state index contributed by atoms with van der Waals surface area (Å²) in [5, 5.41) is 29.8. The largest absolute Gasteiger partial charge is 0.508 e. The van der Waals surface area contributed by atoms with E-state index in [9.17, 15) is 15.3 Å². The van der Waals surface area contributed by atoms with Gasteiger partial charge in [-0.15, -0.1) is 0 Å². The van der Waals surface area contributed by atoms with E-state index >= 15 is 0 Å². The van der Waals surface area contributed by atoms with Crippen LogP contribution in [0.2, 0.25) is 0 Å². The highest BCUT2D eigenvalue weighted by atomic mass is 16.5. The van der Waals surface area contributed by atoms with Crippen molar-refractivity contribution in [2.75, 3.05) is 7.11 Å². The van der Waals surface area contributed by atoms with Gasteiger partial charge in [-0.3, -0.25) is 0 Å². The van der Waals surface area contributed by atoms with Crippen molar-refractivity contribution in [3.8, 4) is 23.0 Å². The second-order valence-corrected chi connectivity index (χ2v) is 9.13.